The van der Waals surface area contributed by atoms with Crippen LogP contribution in [-0.4, -0.2) is 0 Å². The van der Waals surface area contributed by atoms with Gasteiger partial charge in [-0.3, -0.25) is 0 Å². The highest BCUT2D eigenvalue weighted by Gasteiger charge is 2.28. The molecule has 0 aliphatic heterocycles. The van der Waals surface area contributed by atoms with Gasteiger partial charge in [0.15, 0.2) is 0 Å². The molecule has 1 aliphatic rings. The fourth-order valence-corrected chi connectivity index (χ4v) is 4.17. The van der Waals surface area contributed by atoms with Crippen LogP contribution in [0.2, 0.25) is 0 Å². The maximum absolute atomic E-state index is 2.32. The predicted octanol–water partition coefficient (Wildman–Crippen LogP) is 5.92. The van der Waals surface area contributed by atoms with Crippen LogP contribution in [0.4, 0.5) is 0 Å². The van der Waals surface area contributed by atoms with Crippen LogP contribution in [0.25, 0.3) is 10.8 Å². The lowest BCUT2D eigenvalue weighted by molar-refractivity contribution is 0.896. The Kier molecular flexibility index (Phi) is 3.02. The zero-order valence-corrected chi connectivity index (χ0v) is 13.4. The van der Waals surface area contributed by atoms with Gasteiger partial charge in [-0.2, -0.15) is 0 Å². The highest BCUT2D eigenvalue weighted by molar-refractivity contribution is 5.89. The Morgan fingerprint density at radius 1 is 0.583 bits per heavy atom. The van der Waals surface area contributed by atoms with Crippen molar-refractivity contribution < 1.29 is 0 Å². The summed E-state index contributed by atoms with van der Waals surface area (Å²) in [7, 11) is 0. The molecule has 0 radical (unpaired) electrons. The van der Waals surface area contributed by atoms with Crippen molar-refractivity contribution in [3.05, 3.63) is 119 Å². The summed E-state index contributed by atoms with van der Waals surface area (Å²) >= 11 is 0. The van der Waals surface area contributed by atoms with Gasteiger partial charge in [0.2, 0.25) is 0 Å². The molecule has 0 spiro atoms. The van der Waals surface area contributed by atoms with Crippen molar-refractivity contribution in [1.82, 2.24) is 0 Å². The molecular formula is C24H18. The van der Waals surface area contributed by atoms with E-state index in [-0.39, 0.29) is 0 Å². The van der Waals surface area contributed by atoms with Gasteiger partial charge in [0.1, 0.15) is 0 Å². The molecule has 0 aromatic heterocycles. The molecule has 0 saturated carbocycles. The minimum absolute atomic E-state index is 0.317. The molecule has 1 aliphatic carbocycles. The van der Waals surface area contributed by atoms with Gasteiger partial charge in [-0.1, -0.05) is 91.0 Å². The van der Waals surface area contributed by atoms with Crippen molar-refractivity contribution in [2.24, 2.45) is 0 Å². The van der Waals surface area contributed by atoms with Gasteiger partial charge in [-0.05, 0) is 45.0 Å². The van der Waals surface area contributed by atoms with Crippen LogP contribution in [-0.2, 0) is 6.42 Å². The fourth-order valence-electron chi connectivity index (χ4n) is 4.17. The van der Waals surface area contributed by atoms with E-state index in [4.69, 9.17) is 0 Å². The van der Waals surface area contributed by atoms with Crippen molar-refractivity contribution in [3.63, 3.8) is 0 Å². The molecule has 0 saturated heterocycles. The van der Waals surface area contributed by atoms with Crippen molar-refractivity contribution >= 4 is 10.8 Å². The molecular weight excluding hydrogens is 288 g/mol. The topological polar surface area (TPSA) is 0 Å². The molecule has 4 aromatic rings. The summed E-state index contributed by atoms with van der Waals surface area (Å²) in [5, 5.41) is 2.72. The molecule has 0 heteroatoms. The Morgan fingerprint density at radius 3 is 2.25 bits per heavy atom. The Balaban J connectivity index is 1.87. The summed E-state index contributed by atoms with van der Waals surface area (Å²) in [5.41, 5.74) is 7.23. The zero-order valence-electron chi connectivity index (χ0n) is 13.4. The Morgan fingerprint density at radius 2 is 1.33 bits per heavy atom. The first-order valence-corrected chi connectivity index (χ1v) is 8.55. The van der Waals surface area contributed by atoms with Crippen LogP contribution in [0.3, 0.4) is 0 Å². The Labute approximate surface area is 142 Å². The smallest absolute Gasteiger partial charge is 0.0351 e. The SMILES string of the molecule is c1ccc(C2c3ccccc3Cc3ccc4ccccc4c32)cc1. The number of fused-ring (bicyclic) bond motifs is 4. The highest BCUT2D eigenvalue weighted by Crippen LogP contribution is 2.43. The van der Waals surface area contributed by atoms with Crippen LogP contribution < -0.4 is 0 Å². The second-order valence-electron chi connectivity index (χ2n) is 6.58. The van der Waals surface area contributed by atoms with E-state index < -0.39 is 0 Å². The van der Waals surface area contributed by atoms with Gasteiger partial charge >= 0.3 is 0 Å². The molecule has 0 bridgehead atoms. The lowest BCUT2D eigenvalue weighted by atomic mass is 9.73. The Bertz CT molecular complexity index is 1030. The standard InChI is InChI=1S/C24H18/c1-2-9-18(10-3-1)23-22-13-7-5-11-19(22)16-20-15-14-17-8-4-6-12-21(17)24(20)23/h1-15,23H,16H2. The zero-order chi connectivity index (χ0) is 15.9. The molecule has 5 rings (SSSR count). The lowest BCUT2D eigenvalue weighted by Gasteiger charge is -2.30. The van der Waals surface area contributed by atoms with E-state index in [9.17, 15) is 0 Å². The molecule has 0 heterocycles. The first-order valence-electron chi connectivity index (χ1n) is 8.55. The molecule has 114 valence electrons. The van der Waals surface area contributed by atoms with Crippen LogP contribution in [0.1, 0.15) is 33.7 Å². The molecule has 24 heavy (non-hydrogen) atoms. The summed E-state index contributed by atoms with van der Waals surface area (Å²) in [5.74, 6) is 0.317. The first kappa shape index (κ1) is 13.6. The quantitative estimate of drug-likeness (QED) is 0.360. The lowest BCUT2D eigenvalue weighted by Crippen LogP contribution is -2.15. The maximum atomic E-state index is 2.32. The van der Waals surface area contributed by atoms with Gasteiger partial charge in [-0.25, -0.2) is 0 Å². The largest absolute Gasteiger partial charge is 0.0622 e. The average Bonchev–Trinajstić information content (AvgIpc) is 2.66. The highest BCUT2D eigenvalue weighted by atomic mass is 14.3. The van der Waals surface area contributed by atoms with Gasteiger partial charge in [0.25, 0.3) is 0 Å². The Hall–Kier alpha value is -2.86. The molecule has 0 amide bonds. The minimum atomic E-state index is 0.317. The van der Waals surface area contributed by atoms with E-state index in [0.717, 1.165) is 6.42 Å². The summed E-state index contributed by atoms with van der Waals surface area (Å²) in [6.45, 7) is 0. The van der Waals surface area contributed by atoms with Crippen LogP contribution >= 0.6 is 0 Å². The van der Waals surface area contributed by atoms with Crippen molar-refractivity contribution in [2.45, 2.75) is 12.3 Å². The summed E-state index contributed by atoms with van der Waals surface area (Å²) in [4.78, 5) is 0. The first-order chi connectivity index (χ1) is 11.9. The second-order valence-corrected chi connectivity index (χ2v) is 6.58. The number of benzene rings is 4. The van der Waals surface area contributed by atoms with Crippen molar-refractivity contribution in [1.29, 1.82) is 0 Å². The minimum Gasteiger partial charge on any atom is -0.0622 e. The summed E-state index contributed by atoms with van der Waals surface area (Å²) in [6.07, 6.45) is 1.03. The maximum Gasteiger partial charge on any atom is 0.0351 e. The normalized spacial score (nSPS) is 15.8. The molecule has 0 nitrogen and oxygen atoms in total. The monoisotopic (exact) mass is 306 g/mol. The van der Waals surface area contributed by atoms with Gasteiger partial charge in [0.05, 0.1) is 0 Å². The number of rotatable bonds is 1. The predicted molar refractivity (Wildman–Crippen MR) is 101 cm³/mol. The van der Waals surface area contributed by atoms with Gasteiger partial charge < -0.3 is 0 Å². The molecule has 1 unspecified atom stereocenters. The van der Waals surface area contributed by atoms with E-state index in [0.29, 0.717) is 5.92 Å². The van der Waals surface area contributed by atoms with Crippen LogP contribution in [0.5, 0.6) is 0 Å². The van der Waals surface area contributed by atoms with Crippen molar-refractivity contribution in [2.75, 3.05) is 0 Å². The van der Waals surface area contributed by atoms with Crippen LogP contribution in [0, 0.1) is 0 Å². The second kappa shape index (κ2) is 5.35. The fraction of sp³-hybridized carbons (Fsp3) is 0.0833. The molecule has 0 fully saturated rings. The molecule has 1 atom stereocenters. The molecule has 0 N–H and O–H groups in total. The summed E-state index contributed by atoms with van der Waals surface area (Å²) < 4.78 is 0. The van der Waals surface area contributed by atoms with E-state index in [2.05, 4.69) is 91.0 Å². The molecule has 4 aromatic carbocycles. The van der Waals surface area contributed by atoms with E-state index in [1.807, 2.05) is 0 Å². The van der Waals surface area contributed by atoms with Crippen molar-refractivity contribution in [3.8, 4) is 0 Å². The van der Waals surface area contributed by atoms with Crippen LogP contribution in [0.15, 0.2) is 91.0 Å². The third kappa shape index (κ3) is 2.00. The van der Waals surface area contributed by atoms with Gasteiger partial charge in [0, 0.05) is 5.92 Å². The average molecular weight is 306 g/mol. The number of hydrogen-bond acceptors (Lipinski definition) is 0. The third-order valence-electron chi connectivity index (χ3n) is 5.23. The van der Waals surface area contributed by atoms with E-state index in [1.54, 1.807) is 0 Å². The van der Waals surface area contributed by atoms with Gasteiger partial charge in [-0.15, -0.1) is 0 Å². The van der Waals surface area contributed by atoms with E-state index in [1.165, 1.54) is 38.6 Å². The number of hydrogen-bond donors (Lipinski definition) is 0. The van der Waals surface area contributed by atoms with E-state index >= 15 is 0 Å². The third-order valence-corrected chi connectivity index (χ3v) is 5.23. The summed E-state index contributed by atoms with van der Waals surface area (Å²) in [6, 6.07) is 33.2.